The topological polar surface area (TPSA) is 57.6 Å². The van der Waals surface area contributed by atoms with Gasteiger partial charge in [0, 0.05) is 55.2 Å². The first kappa shape index (κ1) is 25.1. The number of halogens is 2. The van der Waals surface area contributed by atoms with Gasteiger partial charge in [0.25, 0.3) is 0 Å². The number of rotatable bonds is 6. The predicted octanol–water partition coefficient (Wildman–Crippen LogP) is 4.29. The van der Waals surface area contributed by atoms with Gasteiger partial charge in [0.15, 0.2) is 17.4 Å². The average Bonchev–Trinajstić information content (AvgIpc) is 3.13. The van der Waals surface area contributed by atoms with E-state index in [0.717, 1.165) is 31.5 Å². The van der Waals surface area contributed by atoms with Gasteiger partial charge in [-0.3, -0.25) is 9.88 Å². The molecule has 0 aliphatic carbocycles. The van der Waals surface area contributed by atoms with E-state index >= 15 is 0 Å². The van der Waals surface area contributed by atoms with E-state index in [1.165, 1.54) is 24.5 Å². The largest absolute Gasteiger partial charge is 0.486 e. The van der Waals surface area contributed by atoms with Gasteiger partial charge in [0.1, 0.15) is 18.1 Å². The highest BCUT2D eigenvalue weighted by atomic mass is 19.1. The maximum absolute atomic E-state index is 15.0. The number of fused-ring (bicyclic) bond motifs is 3. The molecule has 2 fully saturated rings. The van der Waals surface area contributed by atoms with E-state index in [-0.39, 0.29) is 17.5 Å². The van der Waals surface area contributed by atoms with Crippen LogP contribution in [0.2, 0.25) is 0 Å². The van der Waals surface area contributed by atoms with Crippen LogP contribution in [0.3, 0.4) is 0 Å². The Morgan fingerprint density at radius 2 is 1.82 bits per heavy atom. The molecule has 5 heterocycles. The highest BCUT2D eigenvalue weighted by molar-refractivity contribution is 5.72. The monoisotopic (exact) mass is 520 g/mol. The molecule has 200 valence electrons. The van der Waals surface area contributed by atoms with Crippen LogP contribution in [0.25, 0.3) is 11.3 Å². The molecular formula is C29H34F2N6O. The second-order valence-corrected chi connectivity index (χ2v) is 11.0. The SMILES string of the molecule is CC(C)N1CCOc2c(F)cc(-c3nc(Cc4ccc(CN5C6CCC5CN(C)C6)cn4)ncc3F)cc21. The highest BCUT2D eigenvalue weighted by Gasteiger charge is 2.38. The molecule has 0 spiro atoms. The number of anilines is 1. The fourth-order valence-electron chi connectivity index (χ4n) is 6.15. The van der Waals surface area contributed by atoms with E-state index in [1.54, 1.807) is 6.07 Å². The molecule has 2 saturated heterocycles. The summed E-state index contributed by atoms with van der Waals surface area (Å²) in [6, 6.07) is 8.55. The lowest BCUT2D eigenvalue weighted by atomic mass is 10.1. The van der Waals surface area contributed by atoms with Crippen molar-refractivity contribution in [2.45, 2.75) is 57.8 Å². The van der Waals surface area contributed by atoms with Gasteiger partial charge in [-0.2, -0.15) is 0 Å². The summed E-state index contributed by atoms with van der Waals surface area (Å²) in [6.45, 7) is 8.30. The van der Waals surface area contributed by atoms with E-state index in [0.29, 0.717) is 48.7 Å². The van der Waals surface area contributed by atoms with Crippen LogP contribution in [0, 0.1) is 11.6 Å². The normalized spacial score (nSPS) is 21.6. The van der Waals surface area contributed by atoms with Crippen LogP contribution in [0.15, 0.2) is 36.7 Å². The van der Waals surface area contributed by atoms with Crippen molar-refractivity contribution in [3.05, 3.63) is 65.4 Å². The first-order valence-electron chi connectivity index (χ1n) is 13.5. The number of pyridine rings is 1. The molecule has 2 aromatic heterocycles. The lowest BCUT2D eigenvalue weighted by Gasteiger charge is -2.39. The molecule has 2 atom stereocenters. The molecule has 3 aliphatic rings. The molecule has 0 amide bonds. The first-order chi connectivity index (χ1) is 18.4. The standard InChI is InChI=1S/C29H34F2N6O/c1-18(2)36-8-9-38-29-24(30)10-20(11-26(29)36)28-25(31)14-33-27(34-28)12-21-5-4-19(13-32-21)15-37-22-6-7-23(37)17-35(3)16-22/h4-5,10-11,13-14,18,22-23H,6-9,12,15-17H2,1-3H3. The minimum absolute atomic E-state index is 0.0770. The van der Waals surface area contributed by atoms with Crippen LogP contribution >= 0.6 is 0 Å². The molecule has 1 aromatic carbocycles. The lowest BCUT2D eigenvalue weighted by molar-refractivity contribution is 0.0759. The molecule has 2 unspecified atom stereocenters. The Morgan fingerprint density at radius 3 is 2.53 bits per heavy atom. The average molecular weight is 521 g/mol. The van der Waals surface area contributed by atoms with Gasteiger partial charge in [-0.1, -0.05) is 6.07 Å². The number of likely N-dealkylation sites (N-methyl/N-ethyl adjacent to an activating group) is 1. The fraction of sp³-hybridized carbons (Fsp3) is 0.483. The van der Waals surface area contributed by atoms with E-state index in [4.69, 9.17) is 4.74 Å². The number of aromatic nitrogens is 3. The summed E-state index contributed by atoms with van der Waals surface area (Å²) >= 11 is 0. The Balaban J connectivity index is 1.20. The van der Waals surface area contributed by atoms with Crippen molar-refractivity contribution in [2.24, 2.45) is 0 Å². The summed E-state index contributed by atoms with van der Waals surface area (Å²) in [4.78, 5) is 20.5. The van der Waals surface area contributed by atoms with Crippen molar-refractivity contribution < 1.29 is 13.5 Å². The summed E-state index contributed by atoms with van der Waals surface area (Å²) in [7, 11) is 2.21. The summed E-state index contributed by atoms with van der Waals surface area (Å²) in [5.74, 6) is -0.467. The third-order valence-corrected chi connectivity index (χ3v) is 8.01. The zero-order valence-corrected chi connectivity index (χ0v) is 22.2. The van der Waals surface area contributed by atoms with Gasteiger partial charge in [-0.05, 0) is 57.5 Å². The van der Waals surface area contributed by atoms with Gasteiger partial charge in [0.2, 0.25) is 0 Å². The number of ether oxygens (including phenoxy) is 1. The Labute approximate surface area is 222 Å². The van der Waals surface area contributed by atoms with Gasteiger partial charge < -0.3 is 14.5 Å². The minimum Gasteiger partial charge on any atom is -0.486 e. The smallest absolute Gasteiger partial charge is 0.178 e. The molecule has 7 nitrogen and oxygen atoms in total. The molecule has 6 rings (SSSR count). The first-order valence-corrected chi connectivity index (χ1v) is 13.5. The summed E-state index contributed by atoms with van der Waals surface area (Å²) in [6.07, 6.45) is 5.98. The minimum atomic E-state index is -0.592. The third kappa shape index (κ3) is 4.85. The summed E-state index contributed by atoms with van der Waals surface area (Å²) in [5, 5.41) is 0. The molecule has 0 saturated carbocycles. The van der Waals surface area contributed by atoms with E-state index in [1.807, 2.05) is 26.1 Å². The fourth-order valence-corrected chi connectivity index (χ4v) is 6.15. The van der Waals surface area contributed by atoms with Crippen molar-refractivity contribution in [3.8, 4) is 17.0 Å². The van der Waals surface area contributed by atoms with Gasteiger partial charge >= 0.3 is 0 Å². The Bertz CT molecular complexity index is 1300. The van der Waals surface area contributed by atoms with Crippen LogP contribution in [-0.2, 0) is 13.0 Å². The molecule has 3 aliphatic heterocycles. The molecular weight excluding hydrogens is 486 g/mol. The zero-order valence-electron chi connectivity index (χ0n) is 22.2. The van der Waals surface area contributed by atoms with Crippen LogP contribution < -0.4 is 9.64 Å². The Morgan fingerprint density at radius 1 is 1.03 bits per heavy atom. The molecule has 0 N–H and O–H groups in total. The number of likely N-dealkylation sites (tertiary alicyclic amines) is 1. The zero-order chi connectivity index (χ0) is 26.4. The van der Waals surface area contributed by atoms with Gasteiger partial charge in [-0.15, -0.1) is 0 Å². The van der Waals surface area contributed by atoms with Crippen molar-refractivity contribution in [3.63, 3.8) is 0 Å². The van der Waals surface area contributed by atoms with Crippen molar-refractivity contribution >= 4 is 5.69 Å². The third-order valence-electron chi connectivity index (χ3n) is 8.01. The van der Waals surface area contributed by atoms with Gasteiger partial charge in [-0.25, -0.2) is 18.7 Å². The van der Waals surface area contributed by atoms with E-state index in [2.05, 4.69) is 42.8 Å². The number of hydrogen-bond acceptors (Lipinski definition) is 7. The quantitative estimate of drug-likeness (QED) is 0.481. The van der Waals surface area contributed by atoms with E-state index in [9.17, 15) is 8.78 Å². The van der Waals surface area contributed by atoms with Crippen molar-refractivity contribution in [1.29, 1.82) is 0 Å². The Kier molecular flexibility index (Phi) is 6.74. The number of piperazine rings is 1. The second-order valence-electron chi connectivity index (χ2n) is 11.0. The molecule has 38 heavy (non-hydrogen) atoms. The number of benzene rings is 1. The van der Waals surface area contributed by atoms with Crippen LogP contribution in [0.1, 0.15) is 43.8 Å². The van der Waals surface area contributed by atoms with Crippen molar-refractivity contribution in [1.82, 2.24) is 24.8 Å². The molecule has 9 heteroatoms. The van der Waals surface area contributed by atoms with Gasteiger partial charge in [0.05, 0.1) is 24.8 Å². The van der Waals surface area contributed by atoms with Crippen molar-refractivity contribution in [2.75, 3.05) is 38.2 Å². The summed E-state index contributed by atoms with van der Waals surface area (Å²) in [5.41, 5.74) is 3.06. The highest BCUT2D eigenvalue weighted by Crippen LogP contribution is 2.39. The maximum Gasteiger partial charge on any atom is 0.178 e. The Hall–Kier alpha value is -3.17. The maximum atomic E-state index is 15.0. The molecule has 2 bridgehead atoms. The second kappa shape index (κ2) is 10.2. The van der Waals surface area contributed by atoms with Crippen LogP contribution in [-0.4, -0.2) is 76.2 Å². The van der Waals surface area contributed by atoms with E-state index < -0.39 is 11.6 Å². The lowest BCUT2D eigenvalue weighted by Crippen LogP contribution is -2.51. The predicted molar refractivity (Wildman–Crippen MR) is 142 cm³/mol. The number of hydrogen-bond donors (Lipinski definition) is 0. The number of nitrogens with zero attached hydrogens (tertiary/aromatic N) is 6. The summed E-state index contributed by atoms with van der Waals surface area (Å²) < 4.78 is 35.4. The van der Waals surface area contributed by atoms with Crippen LogP contribution in [0.4, 0.5) is 14.5 Å². The molecule has 3 aromatic rings. The van der Waals surface area contributed by atoms with Crippen LogP contribution in [0.5, 0.6) is 5.75 Å². The molecule has 0 radical (unpaired) electrons.